The second-order valence-electron chi connectivity index (χ2n) is 20.6. The topological polar surface area (TPSA) is 77.4 Å². The largest absolute Gasteiger partial charge is 1.00 e. The van der Waals surface area contributed by atoms with Crippen LogP contribution < -0.4 is 43.4 Å². The molecule has 2 N–H and O–H groups in total. The van der Waals surface area contributed by atoms with Crippen LogP contribution in [0.25, 0.3) is 0 Å². The van der Waals surface area contributed by atoms with E-state index in [1.54, 1.807) is 0 Å². The number of para-hydroxylation sites is 2. The van der Waals surface area contributed by atoms with E-state index in [-0.39, 0.29) is 46.2 Å². The molecule has 0 radical (unpaired) electrons. The van der Waals surface area contributed by atoms with Gasteiger partial charge in [0, 0.05) is 50.4 Å². The molecule has 2 unspecified atom stereocenters. The molecular weight excluding hydrogens is 956 g/mol. The fraction of sp³-hybridized carbons (Fsp3) is 0.571. The number of nitrogens with zero attached hydrogens (tertiary/aromatic N) is 2. The minimum absolute atomic E-state index is 0. The highest BCUT2D eigenvalue weighted by atomic mass is 79.9. The summed E-state index contributed by atoms with van der Waals surface area (Å²) in [4.78, 5) is 0. The van der Waals surface area contributed by atoms with Crippen molar-refractivity contribution in [2.45, 2.75) is 100 Å². The van der Waals surface area contributed by atoms with Crippen molar-refractivity contribution < 1.29 is 72.1 Å². The van der Waals surface area contributed by atoms with Crippen LogP contribution in [0.2, 0.25) is 0 Å². The highest BCUT2D eigenvalue weighted by Gasteiger charge is 2.50. The van der Waals surface area contributed by atoms with Crippen molar-refractivity contribution in [1.82, 2.24) is 0 Å². The summed E-state index contributed by atoms with van der Waals surface area (Å²) in [6, 6.07) is 40.7. The van der Waals surface area contributed by atoms with Gasteiger partial charge in [0.15, 0.2) is 0 Å². The lowest BCUT2D eigenvalue weighted by Gasteiger charge is -2.53. The Balaban J connectivity index is 0.000000191. The number of fused-ring (bicyclic) bond motifs is 6. The fourth-order valence-electron chi connectivity index (χ4n) is 12.2. The van der Waals surface area contributed by atoms with Gasteiger partial charge in [0.05, 0.1) is 65.7 Å². The summed E-state index contributed by atoms with van der Waals surface area (Å²) in [5.74, 6) is 3.87. The second-order valence-corrected chi connectivity index (χ2v) is 20.6. The molecule has 2 aliphatic carbocycles. The summed E-state index contributed by atoms with van der Waals surface area (Å²) < 4.78 is 27.4. The van der Waals surface area contributed by atoms with Crippen LogP contribution in [-0.4, -0.2) is 110 Å². The van der Waals surface area contributed by atoms with Gasteiger partial charge >= 0.3 is 0 Å². The molecule has 0 amide bonds. The highest BCUT2D eigenvalue weighted by Crippen LogP contribution is 2.46. The summed E-state index contributed by atoms with van der Waals surface area (Å²) in [6.45, 7) is 12.0. The quantitative estimate of drug-likeness (QED) is 0.104. The fourth-order valence-corrected chi connectivity index (χ4v) is 12.2. The van der Waals surface area contributed by atoms with Gasteiger partial charge in [0.25, 0.3) is 0 Å². The Morgan fingerprint density at radius 2 is 0.788 bits per heavy atom. The molecule has 4 aromatic rings. The first-order valence-electron chi connectivity index (χ1n) is 25.2. The Kier molecular flexibility index (Phi) is 18.3. The molecule has 8 fully saturated rings. The Hall–Kier alpha value is -2.80. The third kappa shape index (κ3) is 12.1. The van der Waals surface area contributed by atoms with Gasteiger partial charge in [0.2, 0.25) is 0 Å². The van der Waals surface area contributed by atoms with Gasteiger partial charge in [-0.1, -0.05) is 110 Å². The zero-order valence-corrected chi connectivity index (χ0v) is 42.3. The maximum Gasteiger partial charge on any atom is 0.119 e. The molecule has 6 heterocycles. The van der Waals surface area contributed by atoms with Gasteiger partial charge in [-0.05, 0) is 72.9 Å². The van der Waals surface area contributed by atoms with Crippen LogP contribution in [0.3, 0.4) is 0 Å². The van der Waals surface area contributed by atoms with Crippen LogP contribution in [0.5, 0.6) is 11.5 Å². The summed E-state index contributed by atoms with van der Waals surface area (Å²) in [7, 11) is 0. The molecule has 0 aromatic heterocycles. The maximum atomic E-state index is 11.7. The number of hydrogen-bond donors (Lipinski definition) is 2. The van der Waals surface area contributed by atoms with Gasteiger partial charge in [-0.3, -0.25) is 0 Å². The first-order chi connectivity index (χ1) is 31.3. The van der Waals surface area contributed by atoms with Crippen LogP contribution in [0, 0.1) is 23.7 Å². The maximum absolute atomic E-state index is 11.7. The van der Waals surface area contributed by atoms with Crippen molar-refractivity contribution in [3.8, 4) is 11.5 Å². The number of ether oxygens (including phenoxy) is 4. The van der Waals surface area contributed by atoms with E-state index in [1.165, 1.54) is 64.7 Å². The van der Waals surface area contributed by atoms with Crippen molar-refractivity contribution in [3.05, 3.63) is 132 Å². The minimum Gasteiger partial charge on any atom is -1.00 e. The smallest absolute Gasteiger partial charge is 0.119 e. The number of hydrogen-bond acceptors (Lipinski definition) is 6. The Morgan fingerprint density at radius 3 is 1.11 bits per heavy atom. The molecule has 0 spiro atoms. The van der Waals surface area contributed by atoms with Gasteiger partial charge in [0.1, 0.15) is 48.0 Å². The van der Waals surface area contributed by atoms with Gasteiger partial charge in [-0.15, -0.1) is 0 Å². The van der Waals surface area contributed by atoms with Crippen LogP contribution in [0.4, 0.5) is 0 Å². The van der Waals surface area contributed by atoms with E-state index < -0.39 is 11.2 Å². The van der Waals surface area contributed by atoms with Crippen molar-refractivity contribution in [1.29, 1.82) is 0 Å². The minimum atomic E-state index is -0.847. The lowest BCUT2D eigenvalue weighted by Crippen LogP contribution is -3.00. The summed E-state index contributed by atoms with van der Waals surface area (Å²) >= 11 is 0. The van der Waals surface area contributed by atoms with E-state index in [0.29, 0.717) is 36.9 Å². The predicted octanol–water partition coefficient (Wildman–Crippen LogP) is 3.55. The molecule has 6 aliphatic heterocycles. The normalized spacial score (nSPS) is 28.4. The molecule has 8 aliphatic rings. The molecule has 4 atom stereocenters. The molecule has 6 saturated heterocycles. The Labute approximate surface area is 416 Å². The number of quaternary nitrogens is 2. The summed E-state index contributed by atoms with van der Waals surface area (Å²) in [5.41, 5.74) is 0.348. The molecule has 4 bridgehead atoms. The second kappa shape index (κ2) is 23.7. The third-order valence-electron chi connectivity index (χ3n) is 16.8. The summed E-state index contributed by atoms with van der Waals surface area (Å²) in [6.07, 6.45) is 14.5. The SMILES string of the molecule is OC(CO[C@@H]1C[N+]2(CCCOc3ccccc3)CCC1CC2)(c1ccccc1)C1CCC1.OC(CO[C@H]1C[N+]2(CCCOc3ccccc3)CCC1CC2)(c1ccccc1)C1CCC1.[Br-].[Br-]. The Morgan fingerprint density at radius 1 is 0.455 bits per heavy atom. The molecule has 2 saturated carbocycles. The van der Waals surface area contributed by atoms with Gasteiger partial charge in [-0.2, -0.15) is 0 Å². The average molecular weight is 1030 g/mol. The number of halogens is 2. The van der Waals surface area contributed by atoms with Crippen LogP contribution in [-0.2, 0) is 20.7 Å². The highest BCUT2D eigenvalue weighted by molar-refractivity contribution is 5.26. The predicted molar refractivity (Wildman–Crippen MR) is 253 cm³/mol. The van der Waals surface area contributed by atoms with Crippen LogP contribution in [0.1, 0.15) is 88.2 Å². The van der Waals surface area contributed by atoms with E-state index in [9.17, 15) is 10.2 Å². The number of aliphatic hydroxyl groups is 2. The molecule has 360 valence electrons. The molecule has 8 nitrogen and oxygen atoms in total. The number of piperidine rings is 6. The van der Waals surface area contributed by atoms with E-state index >= 15 is 0 Å². The first kappa shape index (κ1) is 51.1. The zero-order chi connectivity index (χ0) is 43.7. The van der Waals surface area contributed by atoms with Gasteiger partial charge in [-0.25, -0.2) is 0 Å². The number of benzene rings is 4. The van der Waals surface area contributed by atoms with Crippen molar-refractivity contribution in [3.63, 3.8) is 0 Å². The van der Waals surface area contributed by atoms with E-state index in [0.717, 1.165) is 110 Å². The van der Waals surface area contributed by atoms with Crippen LogP contribution >= 0.6 is 0 Å². The molecule has 12 rings (SSSR count). The van der Waals surface area contributed by atoms with Crippen LogP contribution in [0.15, 0.2) is 121 Å². The molecule has 10 heteroatoms. The lowest BCUT2D eigenvalue weighted by molar-refractivity contribution is -0.946. The van der Waals surface area contributed by atoms with Crippen molar-refractivity contribution in [2.24, 2.45) is 23.7 Å². The van der Waals surface area contributed by atoms with E-state index in [1.807, 2.05) is 97.1 Å². The standard InChI is InChI=1S/2C28H38NO3.2BrH/c2*30-28(25-11-7-12-25,24-9-3-1-4-10-24)22-32-27-21-29(18-15-23(27)16-19-29)17-8-20-31-26-13-5-2-6-14-26;;/h2*1-6,9-10,13-14,23,25,27,30H,7-8,11-12,15-22H2;2*1H/q2*+1;;/p-2/t2*23?,27-,28?,29?;;/m10../s1. The van der Waals surface area contributed by atoms with E-state index in [4.69, 9.17) is 18.9 Å². The van der Waals surface area contributed by atoms with Crippen molar-refractivity contribution in [2.75, 3.05) is 78.8 Å². The molecule has 4 aromatic carbocycles. The summed E-state index contributed by atoms with van der Waals surface area (Å²) in [5, 5.41) is 23.4. The monoisotopic (exact) mass is 1030 g/mol. The van der Waals surface area contributed by atoms with E-state index in [2.05, 4.69) is 24.3 Å². The molecule has 66 heavy (non-hydrogen) atoms. The average Bonchev–Trinajstić information content (AvgIpc) is 3.32. The zero-order valence-electron chi connectivity index (χ0n) is 39.2. The van der Waals surface area contributed by atoms with Gasteiger partial charge < -0.3 is 72.1 Å². The number of rotatable bonds is 20. The molecular formula is C56H76Br2N2O6. The van der Waals surface area contributed by atoms with Crippen molar-refractivity contribution >= 4 is 0 Å². The third-order valence-corrected chi connectivity index (χ3v) is 16.8. The Bertz CT molecular complexity index is 1850. The first-order valence-corrected chi connectivity index (χ1v) is 25.2. The lowest BCUT2D eigenvalue weighted by atomic mass is 9.70.